The fraction of sp³-hybridized carbons (Fsp3) is 0.533. The summed E-state index contributed by atoms with van der Waals surface area (Å²) in [5.41, 5.74) is 3.81. The SMILES string of the molecule is NNc1ccc(Cl)cc1C(=O)N1CCCC2CCCC21. The first kappa shape index (κ1) is 13.7. The number of anilines is 1. The van der Waals surface area contributed by atoms with Gasteiger partial charge in [0.2, 0.25) is 0 Å². The van der Waals surface area contributed by atoms with Crippen molar-refractivity contribution >= 4 is 23.2 Å². The molecule has 4 nitrogen and oxygen atoms in total. The highest BCUT2D eigenvalue weighted by molar-refractivity contribution is 6.31. The number of rotatable bonds is 2. The Morgan fingerprint density at radius 2 is 2.10 bits per heavy atom. The number of nitrogens with two attached hydrogens (primary N) is 1. The number of carbonyl (C=O) groups excluding carboxylic acids is 1. The van der Waals surface area contributed by atoms with Crippen molar-refractivity contribution in [3.63, 3.8) is 0 Å². The molecule has 2 atom stereocenters. The molecule has 3 rings (SSSR count). The monoisotopic (exact) mass is 293 g/mol. The van der Waals surface area contributed by atoms with Crippen LogP contribution >= 0.6 is 11.6 Å². The molecular formula is C15H20ClN3O. The zero-order valence-electron chi connectivity index (χ0n) is 11.4. The summed E-state index contributed by atoms with van der Waals surface area (Å²) in [7, 11) is 0. The molecule has 3 N–H and O–H groups in total. The van der Waals surface area contributed by atoms with Crippen LogP contribution in [0.2, 0.25) is 5.02 Å². The number of nitrogen functional groups attached to an aromatic ring is 1. The Labute approximate surface area is 124 Å². The molecule has 108 valence electrons. The normalized spacial score (nSPS) is 25.4. The van der Waals surface area contributed by atoms with Crippen LogP contribution < -0.4 is 11.3 Å². The molecular weight excluding hydrogens is 274 g/mol. The molecule has 1 aliphatic heterocycles. The summed E-state index contributed by atoms with van der Waals surface area (Å²) in [6.45, 7) is 0.844. The Morgan fingerprint density at radius 1 is 1.30 bits per heavy atom. The van der Waals surface area contributed by atoms with Gasteiger partial charge < -0.3 is 10.3 Å². The molecule has 1 saturated carbocycles. The molecule has 5 heteroatoms. The molecule has 0 bridgehead atoms. The number of hydrazine groups is 1. The maximum absolute atomic E-state index is 12.8. The minimum atomic E-state index is 0.0528. The first-order valence-electron chi connectivity index (χ1n) is 7.28. The van der Waals surface area contributed by atoms with Crippen molar-refractivity contribution < 1.29 is 4.79 Å². The fourth-order valence-electron chi connectivity index (χ4n) is 3.68. The van der Waals surface area contributed by atoms with E-state index in [2.05, 4.69) is 5.43 Å². The number of likely N-dealkylation sites (tertiary alicyclic amines) is 1. The second-order valence-electron chi connectivity index (χ2n) is 5.73. The maximum atomic E-state index is 12.8. The molecule has 1 aliphatic carbocycles. The van der Waals surface area contributed by atoms with Gasteiger partial charge in [0, 0.05) is 17.6 Å². The van der Waals surface area contributed by atoms with E-state index in [0.29, 0.717) is 28.2 Å². The summed E-state index contributed by atoms with van der Waals surface area (Å²) in [6, 6.07) is 5.60. The lowest BCUT2D eigenvalue weighted by Crippen LogP contribution is -2.46. The molecule has 0 radical (unpaired) electrons. The first-order valence-corrected chi connectivity index (χ1v) is 7.65. The van der Waals surface area contributed by atoms with E-state index in [0.717, 1.165) is 19.4 Å². The highest BCUT2D eigenvalue weighted by Gasteiger charge is 2.38. The highest BCUT2D eigenvalue weighted by atomic mass is 35.5. The fourth-order valence-corrected chi connectivity index (χ4v) is 3.85. The van der Waals surface area contributed by atoms with Crippen LogP contribution in [0.3, 0.4) is 0 Å². The quantitative estimate of drug-likeness (QED) is 0.651. The van der Waals surface area contributed by atoms with E-state index < -0.39 is 0 Å². The van der Waals surface area contributed by atoms with Gasteiger partial charge in [0.1, 0.15) is 0 Å². The molecule has 2 fully saturated rings. The van der Waals surface area contributed by atoms with Gasteiger partial charge in [-0.2, -0.15) is 0 Å². The summed E-state index contributed by atoms with van der Waals surface area (Å²) in [5.74, 6) is 6.25. The first-order chi connectivity index (χ1) is 9.70. The number of fused-ring (bicyclic) bond motifs is 1. The third-order valence-corrected chi connectivity index (χ3v) is 4.86. The van der Waals surface area contributed by atoms with E-state index in [1.807, 2.05) is 4.90 Å². The molecule has 1 saturated heterocycles. The van der Waals surface area contributed by atoms with Gasteiger partial charge in [0.05, 0.1) is 11.3 Å². The summed E-state index contributed by atoms with van der Waals surface area (Å²) in [6.07, 6.45) is 5.97. The summed E-state index contributed by atoms with van der Waals surface area (Å²) in [5, 5.41) is 0.562. The third kappa shape index (κ3) is 2.38. The van der Waals surface area contributed by atoms with Crippen LogP contribution in [0.25, 0.3) is 0 Å². The van der Waals surface area contributed by atoms with E-state index in [4.69, 9.17) is 17.4 Å². The molecule has 1 aromatic rings. The molecule has 1 amide bonds. The summed E-state index contributed by atoms with van der Waals surface area (Å²) >= 11 is 6.03. The molecule has 2 unspecified atom stereocenters. The molecule has 1 heterocycles. The van der Waals surface area contributed by atoms with Gasteiger partial charge in [-0.05, 0) is 49.8 Å². The van der Waals surface area contributed by atoms with Gasteiger partial charge in [-0.15, -0.1) is 0 Å². The van der Waals surface area contributed by atoms with Crippen molar-refractivity contribution in [2.24, 2.45) is 11.8 Å². The van der Waals surface area contributed by atoms with E-state index in [-0.39, 0.29) is 5.91 Å². The molecule has 0 aromatic heterocycles. The van der Waals surface area contributed by atoms with E-state index in [1.165, 1.54) is 19.3 Å². The van der Waals surface area contributed by atoms with Gasteiger partial charge in [-0.25, -0.2) is 0 Å². The predicted molar refractivity (Wildman–Crippen MR) is 80.7 cm³/mol. The number of carbonyl (C=O) groups is 1. The van der Waals surface area contributed by atoms with Gasteiger partial charge in [-0.1, -0.05) is 18.0 Å². The van der Waals surface area contributed by atoms with E-state index >= 15 is 0 Å². The van der Waals surface area contributed by atoms with Gasteiger partial charge >= 0.3 is 0 Å². The molecule has 1 aromatic carbocycles. The summed E-state index contributed by atoms with van der Waals surface area (Å²) < 4.78 is 0. The minimum absolute atomic E-state index is 0.0528. The van der Waals surface area contributed by atoms with Gasteiger partial charge in [0.25, 0.3) is 5.91 Å². The van der Waals surface area contributed by atoms with Gasteiger partial charge in [-0.3, -0.25) is 10.6 Å². The van der Waals surface area contributed by atoms with Crippen molar-refractivity contribution in [2.45, 2.75) is 38.1 Å². The second kappa shape index (κ2) is 5.62. The Balaban J connectivity index is 1.90. The lowest BCUT2D eigenvalue weighted by atomic mass is 9.91. The zero-order valence-corrected chi connectivity index (χ0v) is 12.2. The second-order valence-corrected chi connectivity index (χ2v) is 6.17. The number of halogens is 1. The number of benzene rings is 1. The standard InChI is InChI=1S/C15H20ClN3O/c16-11-6-7-13(18-17)12(9-11)15(20)19-8-2-4-10-3-1-5-14(10)19/h6-7,9-10,14,18H,1-5,8,17H2. The predicted octanol–water partition coefficient (Wildman–Crippen LogP) is 3.03. The third-order valence-electron chi connectivity index (χ3n) is 4.62. The van der Waals surface area contributed by atoms with Crippen molar-refractivity contribution in [3.8, 4) is 0 Å². The molecule has 0 spiro atoms. The van der Waals surface area contributed by atoms with Crippen LogP contribution in [0.5, 0.6) is 0 Å². The van der Waals surface area contributed by atoms with Crippen molar-refractivity contribution in [3.05, 3.63) is 28.8 Å². The average Bonchev–Trinajstić information content (AvgIpc) is 2.94. The van der Waals surface area contributed by atoms with Gasteiger partial charge in [0.15, 0.2) is 0 Å². The van der Waals surface area contributed by atoms with Crippen LogP contribution in [-0.2, 0) is 0 Å². The Morgan fingerprint density at radius 3 is 2.90 bits per heavy atom. The minimum Gasteiger partial charge on any atom is -0.335 e. The Bertz CT molecular complexity index is 520. The number of nitrogens with one attached hydrogen (secondary N) is 1. The van der Waals surface area contributed by atoms with Crippen LogP contribution in [0.1, 0.15) is 42.5 Å². The number of hydrogen-bond donors (Lipinski definition) is 2. The smallest absolute Gasteiger partial charge is 0.256 e. The Kier molecular flexibility index (Phi) is 3.85. The van der Waals surface area contributed by atoms with E-state index in [1.54, 1.807) is 18.2 Å². The lowest BCUT2D eigenvalue weighted by Gasteiger charge is -2.38. The van der Waals surface area contributed by atoms with Crippen LogP contribution in [0.15, 0.2) is 18.2 Å². The van der Waals surface area contributed by atoms with Crippen LogP contribution in [0.4, 0.5) is 5.69 Å². The van der Waals surface area contributed by atoms with Crippen LogP contribution in [0, 0.1) is 5.92 Å². The highest BCUT2D eigenvalue weighted by Crippen LogP contribution is 2.38. The number of hydrogen-bond acceptors (Lipinski definition) is 3. The van der Waals surface area contributed by atoms with Crippen LogP contribution in [-0.4, -0.2) is 23.4 Å². The number of nitrogens with zero attached hydrogens (tertiary/aromatic N) is 1. The van der Waals surface area contributed by atoms with Crippen molar-refractivity contribution in [2.75, 3.05) is 12.0 Å². The maximum Gasteiger partial charge on any atom is 0.256 e. The largest absolute Gasteiger partial charge is 0.335 e. The zero-order chi connectivity index (χ0) is 14.1. The number of piperidine rings is 1. The summed E-state index contributed by atoms with van der Waals surface area (Å²) in [4.78, 5) is 14.9. The molecule has 2 aliphatic rings. The lowest BCUT2D eigenvalue weighted by molar-refractivity contribution is 0.0549. The topological polar surface area (TPSA) is 58.4 Å². The average molecular weight is 294 g/mol. The molecule has 20 heavy (non-hydrogen) atoms. The van der Waals surface area contributed by atoms with Crippen molar-refractivity contribution in [1.82, 2.24) is 4.90 Å². The van der Waals surface area contributed by atoms with E-state index in [9.17, 15) is 4.79 Å². The number of amides is 1. The van der Waals surface area contributed by atoms with Crippen molar-refractivity contribution in [1.29, 1.82) is 0 Å². The Hall–Kier alpha value is -1.26.